The maximum absolute atomic E-state index is 12.4. The Bertz CT molecular complexity index is 590. The molecule has 6 nitrogen and oxygen atoms in total. The number of likely N-dealkylation sites (tertiary alicyclic amines) is 1. The SMILES string of the molecule is CCC(C)OC1CCN(C(=O)CCc2ccccc2N=[N+]=[N-])CC1. The summed E-state index contributed by atoms with van der Waals surface area (Å²) >= 11 is 0. The van der Waals surface area contributed by atoms with E-state index in [0.29, 0.717) is 18.5 Å². The Morgan fingerprint density at radius 2 is 2.12 bits per heavy atom. The summed E-state index contributed by atoms with van der Waals surface area (Å²) in [6.45, 7) is 5.74. The molecule has 2 rings (SSSR count). The van der Waals surface area contributed by atoms with Crippen LogP contribution in [-0.2, 0) is 16.0 Å². The molecule has 0 radical (unpaired) electrons. The molecule has 0 saturated carbocycles. The van der Waals surface area contributed by atoms with Gasteiger partial charge in [0.2, 0.25) is 5.91 Å². The summed E-state index contributed by atoms with van der Waals surface area (Å²) in [6.07, 6.45) is 4.43. The van der Waals surface area contributed by atoms with Gasteiger partial charge in [0.25, 0.3) is 0 Å². The molecule has 1 atom stereocenters. The Labute approximate surface area is 143 Å². The van der Waals surface area contributed by atoms with E-state index in [4.69, 9.17) is 10.3 Å². The minimum absolute atomic E-state index is 0.160. The smallest absolute Gasteiger partial charge is 0.222 e. The third-order valence-electron chi connectivity index (χ3n) is 4.55. The second-order valence-corrected chi connectivity index (χ2v) is 6.25. The quantitative estimate of drug-likeness (QED) is 0.423. The zero-order valence-electron chi connectivity index (χ0n) is 14.5. The molecule has 1 heterocycles. The van der Waals surface area contributed by atoms with Crippen molar-refractivity contribution in [3.63, 3.8) is 0 Å². The van der Waals surface area contributed by atoms with E-state index in [1.165, 1.54) is 0 Å². The van der Waals surface area contributed by atoms with Crippen LogP contribution >= 0.6 is 0 Å². The number of hydrogen-bond acceptors (Lipinski definition) is 3. The van der Waals surface area contributed by atoms with E-state index in [1.807, 2.05) is 23.1 Å². The topological polar surface area (TPSA) is 78.3 Å². The molecule has 1 amide bonds. The Hall–Kier alpha value is -2.04. The van der Waals surface area contributed by atoms with Crippen LogP contribution in [0, 0.1) is 0 Å². The Balaban J connectivity index is 1.81. The zero-order valence-corrected chi connectivity index (χ0v) is 14.5. The van der Waals surface area contributed by atoms with Gasteiger partial charge in [0.05, 0.1) is 12.2 Å². The average molecular weight is 330 g/mol. The Kier molecular flexibility index (Phi) is 7.09. The third-order valence-corrected chi connectivity index (χ3v) is 4.55. The predicted octanol–water partition coefficient (Wildman–Crippen LogP) is 4.37. The first-order valence-electron chi connectivity index (χ1n) is 8.70. The number of carbonyl (C=O) groups is 1. The van der Waals surface area contributed by atoms with E-state index in [0.717, 1.165) is 37.9 Å². The number of ether oxygens (including phenoxy) is 1. The third kappa shape index (κ3) is 5.25. The molecule has 6 heteroatoms. The summed E-state index contributed by atoms with van der Waals surface area (Å²) in [5.74, 6) is 0.160. The lowest BCUT2D eigenvalue weighted by atomic mass is 10.0. The highest BCUT2D eigenvalue weighted by atomic mass is 16.5. The van der Waals surface area contributed by atoms with Crippen molar-refractivity contribution in [2.24, 2.45) is 5.11 Å². The van der Waals surface area contributed by atoms with Crippen LogP contribution in [0.2, 0.25) is 0 Å². The fourth-order valence-electron chi connectivity index (χ4n) is 2.93. The largest absolute Gasteiger partial charge is 0.375 e. The van der Waals surface area contributed by atoms with Gasteiger partial charge < -0.3 is 9.64 Å². The van der Waals surface area contributed by atoms with Gasteiger partial charge in [-0.1, -0.05) is 36.3 Å². The van der Waals surface area contributed by atoms with Crippen molar-refractivity contribution in [3.8, 4) is 0 Å². The molecule has 0 aliphatic carbocycles. The van der Waals surface area contributed by atoms with Crippen LogP contribution in [0.25, 0.3) is 10.4 Å². The van der Waals surface area contributed by atoms with Crippen LogP contribution in [0.1, 0.15) is 45.1 Å². The molecule has 24 heavy (non-hydrogen) atoms. The van der Waals surface area contributed by atoms with Gasteiger partial charge in [0.15, 0.2) is 0 Å². The zero-order chi connectivity index (χ0) is 17.4. The second kappa shape index (κ2) is 9.30. The maximum Gasteiger partial charge on any atom is 0.222 e. The first-order valence-corrected chi connectivity index (χ1v) is 8.70. The van der Waals surface area contributed by atoms with Crippen LogP contribution in [0.15, 0.2) is 29.4 Å². The minimum Gasteiger partial charge on any atom is -0.375 e. The van der Waals surface area contributed by atoms with E-state index in [9.17, 15) is 4.79 Å². The molecule has 0 aromatic heterocycles. The number of hydrogen-bond donors (Lipinski definition) is 0. The van der Waals surface area contributed by atoms with Gasteiger partial charge in [-0.2, -0.15) is 0 Å². The van der Waals surface area contributed by atoms with Crippen LogP contribution in [0.3, 0.4) is 0 Å². The van der Waals surface area contributed by atoms with Crippen LogP contribution < -0.4 is 0 Å². The number of benzene rings is 1. The van der Waals surface area contributed by atoms with Gasteiger partial charge in [-0.25, -0.2) is 0 Å². The normalized spacial score (nSPS) is 16.5. The van der Waals surface area contributed by atoms with Gasteiger partial charge in [-0.05, 0) is 43.7 Å². The molecule has 1 saturated heterocycles. The van der Waals surface area contributed by atoms with Crippen molar-refractivity contribution in [2.45, 2.75) is 58.2 Å². The van der Waals surface area contributed by atoms with Gasteiger partial charge in [0, 0.05) is 30.1 Å². The summed E-state index contributed by atoms with van der Waals surface area (Å²) in [6, 6.07) is 7.41. The van der Waals surface area contributed by atoms with Crippen molar-refractivity contribution in [1.29, 1.82) is 0 Å². The highest BCUT2D eigenvalue weighted by molar-refractivity contribution is 5.76. The molecule has 1 aromatic carbocycles. The fraction of sp³-hybridized carbons (Fsp3) is 0.611. The highest BCUT2D eigenvalue weighted by Gasteiger charge is 2.24. The van der Waals surface area contributed by atoms with Crippen molar-refractivity contribution >= 4 is 11.6 Å². The van der Waals surface area contributed by atoms with Gasteiger partial charge >= 0.3 is 0 Å². The van der Waals surface area contributed by atoms with Crippen LogP contribution in [0.5, 0.6) is 0 Å². The van der Waals surface area contributed by atoms with Crippen molar-refractivity contribution < 1.29 is 9.53 Å². The first-order chi connectivity index (χ1) is 11.6. The summed E-state index contributed by atoms with van der Waals surface area (Å²) < 4.78 is 5.96. The van der Waals surface area contributed by atoms with Crippen molar-refractivity contribution in [3.05, 3.63) is 40.3 Å². The van der Waals surface area contributed by atoms with E-state index >= 15 is 0 Å². The lowest BCUT2D eigenvalue weighted by Gasteiger charge is -2.33. The average Bonchev–Trinajstić information content (AvgIpc) is 2.61. The number of azide groups is 1. The molecule has 0 bridgehead atoms. The molecular weight excluding hydrogens is 304 g/mol. The van der Waals surface area contributed by atoms with E-state index in [2.05, 4.69) is 23.9 Å². The highest BCUT2D eigenvalue weighted by Crippen LogP contribution is 2.22. The molecule has 1 unspecified atom stereocenters. The van der Waals surface area contributed by atoms with E-state index < -0.39 is 0 Å². The number of piperidine rings is 1. The van der Waals surface area contributed by atoms with Gasteiger partial charge in [-0.3, -0.25) is 4.79 Å². The number of nitrogens with zero attached hydrogens (tertiary/aromatic N) is 4. The number of carbonyl (C=O) groups excluding carboxylic acids is 1. The fourth-order valence-corrected chi connectivity index (χ4v) is 2.93. The predicted molar refractivity (Wildman–Crippen MR) is 94.0 cm³/mol. The van der Waals surface area contributed by atoms with Gasteiger partial charge in [-0.15, -0.1) is 0 Å². The second-order valence-electron chi connectivity index (χ2n) is 6.25. The lowest BCUT2D eigenvalue weighted by molar-refractivity contribution is -0.134. The Morgan fingerprint density at radius 1 is 1.42 bits per heavy atom. The molecule has 1 aliphatic heterocycles. The van der Waals surface area contributed by atoms with Crippen molar-refractivity contribution in [1.82, 2.24) is 4.90 Å². The first kappa shape index (κ1) is 18.3. The summed E-state index contributed by atoms with van der Waals surface area (Å²) in [7, 11) is 0. The molecule has 130 valence electrons. The summed E-state index contributed by atoms with van der Waals surface area (Å²) in [4.78, 5) is 17.2. The molecule has 1 fully saturated rings. The van der Waals surface area contributed by atoms with Crippen LogP contribution in [0.4, 0.5) is 5.69 Å². The van der Waals surface area contributed by atoms with Crippen LogP contribution in [-0.4, -0.2) is 36.1 Å². The monoisotopic (exact) mass is 330 g/mol. The standard InChI is InChI=1S/C18H26N4O2/c1-3-14(2)24-16-10-12-22(13-11-16)18(23)9-8-15-6-4-5-7-17(15)20-21-19/h4-7,14,16H,3,8-13H2,1-2H3. The lowest BCUT2D eigenvalue weighted by Crippen LogP contribution is -2.41. The molecular formula is C18H26N4O2. The van der Waals surface area contributed by atoms with Gasteiger partial charge in [0.1, 0.15) is 0 Å². The van der Waals surface area contributed by atoms with E-state index in [1.54, 1.807) is 6.07 Å². The molecule has 1 aromatic rings. The van der Waals surface area contributed by atoms with E-state index in [-0.39, 0.29) is 18.1 Å². The molecule has 1 aliphatic rings. The summed E-state index contributed by atoms with van der Waals surface area (Å²) in [5, 5.41) is 3.68. The number of amides is 1. The molecule has 0 spiro atoms. The minimum atomic E-state index is 0.160. The summed E-state index contributed by atoms with van der Waals surface area (Å²) in [5.41, 5.74) is 10.1. The molecule has 0 N–H and O–H groups in total. The van der Waals surface area contributed by atoms with Crippen molar-refractivity contribution in [2.75, 3.05) is 13.1 Å². The number of aryl methyl sites for hydroxylation is 1. The Morgan fingerprint density at radius 3 is 2.79 bits per heavy atom. The maximum atomic E-state index is 12.4. The number of rotatable bonds is 7.